The van der Waals surface area contributed by atoms with Crippen LogP contribution < -0.4 is 11.1 Å². The van der Waals surface area contributed by atoms with Crippen LogP contribution >= 0.6 is 0 Å². The second-order valence-corrected chi connectivity index (χ2v) is 4.99. The minimum Gasteiger partial charge on any atom is -0.444 e. The monoisotopic (exact) mass is 237 g/mol. The Labute approximate surface area is 102 Å². The number of quaternary nitrogens is 1. The molecule has 17 heavy (non-hydrogen) atoms. The fourth-order valence-electron chi connectivity index (χ4n) is 1.36. The molecule has 0 spiro atoms. The van der Waals surface area contributed by atoms with Gasteiger partial charge >= 0.3 is 6.09 Å². The van der Waals surface area contributed by atoms with Crippen LogP contribution in [0.1, 0.15) is 32.4 Å². The zero-order chi connectivity index (χ0) is 12.9. The summed E-state index contributed by atoms with van der Waals surface area (Å²) in [5, 5.41) is 2.71. The first-order valence-corrected chi connectivity index (χ1v) is 5.73. The van der Waals surface area contributed by atoms with Crippen LogP contribution in [0.2, 0.25) is 0 Å². The zero-order valence-corrected chi connectivity index (χ0v) is 10.7. The molecule has 0 saturated heterocycles. The molecule has 0 aromatic heterocycles. The molecule has 4 nitrogen and oxygen atoms in total. The Balaban J connectivity index is 2.39. The maximum Gasteiger partial charge on any atom is 0.407 e. The lowest BCUT2D eigenvalue weighted by molar-refractivity contribution is -0.423. The van der Waals surface area contributed by atoms with Crippen LogP contribution in [0.3, 0.4) is 0 Å². The molecule has 1 aromatic rings. The van der Waals surface area contributed by atoms with E-state index in [2.05, 4.69) is 11.1 Å². The predicted molar refractivity (Wildman–Crippen MR) is 66.3 cm³/mol. The molecule has 1 amide bonds. The number of alkyl carbamates (subject to hydrolysis) is 1. The lowest BCUT2D eigenvalue weighted by atomic mass is 10.1. The molecule has 0 aliphatic heterocycles. The van der Waals surface area contributed by atoms with Crippen LogP contribution in [0.5, 0.6) is 0 Å². The fourth-order valence-corrected chi connectivity index (χ4v) is 1.36. The third-order valence-corrected chi connectivity index (χ3v) is 2.16. The molecule has 0 aliphatic rings. The van der Waals surface area contributed by atoms with Crippen molar-refractivity contribution in [1.29, 1.82) is 0 Å². The molecular formula is C13H21N2O2+. The second-order valence-electron chi connectivity index (χ2n) is 4.99. The molecule has 4 N–H and O–H groups in total. The van der Waals surface area contributed by atoms with Crippen molar-refractivity contribution in [3.8, 4) is 0 Å². The molecule has 0 radical (unpaired) electrons. The molecule has 0 fully saturated rings. The topological polar surface area (TPSA) is 66.0 Å². The Morgan fingerprint density at radius 2 is 1.94 bits per heavy atom. The van der Waals surface area contributed by atoms with Crippen molar-refractivity contribution in [2.75, 3.05) is 6.54 Å². The molecule has 0 heterocycles. The summed E-state index contributed by atoms with van der Waals surface area (Å²) >= 11 is 0. The Morgan fingerprint density at radius 3 is 2.47 bits per heavy atom. The number of hydrogen-bond acceptors (Lipinski definition) is 2. The van der Waals surface area contributed by atoms with Gasteiger partial charge in [-0.05, 0) is 20.8 Å². The summed E-state index contributed by atoms with van der Waals surface area (Å²) in [6.45, 7) is 5.99. The van der Waals surface area contributed by atoms with Gasteiger partial charge in [-0.3, -0.25) is 0 Å². The average Bonchev–Trinajstić information content (AvgIpc) is 2.25. The van der Waals surface area contributed by atoms with E-state index in [1.807, 2.05) is 51.1 Å². The van der Waals surface area contributed by atoms with E-state index in [1.54, 1.807) is 0 Å². The summed E-state index contributed by atoms with van der Waals surface area (Å²) in [4.78, 5) is 11.4. The standard InChI is InChI=1S/C13H20N2O2/c1-13(2,3)17-12(16)15-9-11(14)10-7-5-4-6-8-10/h4-8,11H,9,14H2,1-3H3,(H,15,16)/p+1/t11-/m0/s1. The summed E-state index contributed by atoms with van der Waals surface area (Å²) in [6, 6.07) is 9.89. The summed E-state index contributed by atoms with van der Waals surface area (Å²) in [6.07, 6.45) is -0.401. The maximum absolute atomic E-state index is 11.4. The van der Waals surface area contributed by atoms with Crippen molar-refractivity contribution in [2.24, 2.45) is 0 Å². The largest absolute Gasteiger partial charge is 0.444 e. The quantitative estimate of drug-likeness (QED) is 0.836. The van der Waals surface area contributed by atoms with Gasteiger partial charge in [-0.1, -0.05) is 30.3 Å². The van der Waals surface area contributed by atoms with E-state index in [0.717, 1.165) is 5.56 Å². The predicted octanol–water partition coefficient (Wildman–Crippen LogP) is 1.49. The smallest absolute Gasteiger partial charge is 0.407 e. The van der Waals surface area contributed by atoms with Crippen molar-refractivity contribution in [3.63, 3.8) is 0 Å². The number of rotatable bonds is 3. The highest BCUT2D eigenvalue weighted by Crippen LogP contribution is 2.08. The van der Waals surface area contributed by atoms with Crippen molar-refractivity contribution >= 4 is 6.09 Å². The Hall–Kier alpha value is -1.55. The number of amides is 1. The normalized spacial score (nSPS) is 12.9. The summed E-state index contributed by atoms with van der Waals surface area (Å²) in [5.74, 6) is 0. The lowest BCUT2D eigenvalue weighted by Crippen LogP contribution is -2.58. The molecule has 1 aromatic carbocycles. The number of nitrogens with one attached hydrogen (secondary N) is 1. The van der Waals surface area contributed by atoms with Gasteiger partial charge in [-0.15, -0.1) is 0 Å². The van der Waals surface area contributed by atoms with Crippen molar-refractivity contribution in [3.05, 3.63) is 35.9 Å². The zero-order valence-electron chi connectivity index (χ0n) is 10.7. The highest BCUT2D eigenvalue weighted by molar-refractivity contribution is 5.67. The summed E-state index contributed by atoms with van der Waals surface area (Å²) in [7, 11) is 0. The van der Waals surface area contributed by atoms with Crippen LogP contribution in [0.15, 0.2) is 30.3 Å². The molecule has 0 saturated carbocycles. The van der Waals surface area contributed by atoms with Crippen molar-refractivity contribution < 1.29 is 15.3 Å². The number of carbonyl (C=O) groups excluding carboxylic acids is 1. The average molecular weight is 237 g/mol. The van der Waals surface area contributed by atoms with E-state index in [-0.39, 0.29) is 6.04 Å². The van der Waals surface area contributed by atoms with Gasteiger partial charge in [-0.25, -0.2) is 4.79 Å². The molecule has 0 bridgehead atoms. The van der Waals surface area contributed by atoms with Gasteiger partial charge < -0.3 is 15.8 Å². The fraction of sp³-hybridized carbons (Fsp3) is 0.462. The van der Waals surface area contributed by atoms with Gasteiger partial charge in [0.2, 0.25) is 0 Å². The maximum atomic E-state index is 11.4. The first kappa shape index (κ1) is 13.5. The molecule has 0 unspecified atom stereocenters. The van der Waals surface area contributed by atoms with Gasteiger partial charge in [0.25, 0.3) is 0 Å². The van der Waals surface area contributed by atoms with Crippen LogP contribution in [0.4, 0.5) is 4.79 Å². The number of carbonyl (C=O) groups is 1. The minimum atomic E-state index is -0.465. The Morgan fingerprint density at radius 1 is 1.35 bits per heavy atom. The number of hydrogen-bond donors (Lipinski definition) is 2. The molecule has 0 aliphatic carbocycles. The van der Waals surface area contributed by atoms with Crippen LogP contribution in [-0.2, 0) is 4.74 Å². The molecule has 1 atom stereocenters. The van der Waals surface area contributed by atoms with Crippen LogP contribution in [-0.4, -0.2) is 18.2 Å². The lowest BCUT2D eigenvalue weighted by Gasteiger charge is -2.20. The molecular weight excluding hydrogens is 216 g/mol. The first-order chi connectivity index (χ1) is 7.88. The molecule has 1 rings (SSSR count). The third kappa shape index (κ3) is 5.36. The molecule has 4 heteroatoms. The van der Waals surface area contributed by atoms with E-state index in [9.17, 15) is 4.79 Å². The SMILES string of the molecule is CC(C)(C)OC(=O)NC[C@H]([NH3+])c1ccccc1. The van der Waals surface area contributed by atoms with Gasteiger partial charge in [0, 0.05) is 5.56 Å². The first-order valence-electron chi connectivity index (χ1n) is 5.73. The van der Waals surface area contributed by atoms with Gasteiger partial charge in [0.15, 0.2) is 0 Å². The van der Waals surface area contributed by atoms with Gasteiger partial charge in [0.05, 0.1) is 6.54 Å². The summed E-state index contributed by atoms with van der Waals surface area (Å²) in [5.41, 5.74) is 4.64. The minimum absolute atomic E-state index is 0.0312. The molecule has 94 valence electrons. The van der Waals surface area contributed by atoms with E-state index in [4.69, 9.17) is 4.74 Å². The highest BCUT2D eigenvalue weighted by Gasteiger charge is 2.17. The van der Waals surface area contributed by atoms with E-state index >= 15 is 0 Å². The van der Waals surface area contributed by atoms with E-state index in [0.29, 0.717) is 6.54 Å². The Kier molecular flexibility index (Phi) is 4.52. The van der Waals surface area contributed by atoms with Gasteiger partial charge in [0.1, 0.15) is 11.6 Å². The number of benzene rings is 1. The second kappa shape index (κ2) is 5.68. The van der Waals surface area contributed by atoms with Crippen molar-refractivity contribution in [1.82, 2.24) is 5.32 Å². The highest BCUT2D eigenvalue weighted by atomic mass is 16.6. The summed E-state index contributed by atoms with van der Waals surface area (Å²) < 4.78 is 5.15. The van der Waals surface area contributed by atoms with E-state index in [1.165, 1.54) is 0 Å². The van der Waals surface area contributed by atoms with Crippen LogP contribution in [0, 0.1) is 0 Å². The van der Waals surface area contributed by atoms with Crippen LogP contribution in [0.25, 0.3) is 0 Å². The number of ether oxygens (including phenoxy) is 1. The van der Waals surface area contributed by atoms with E-state index < -0.39 is 11.7 Å². The Bertz CT molecular complexity index is 357. The third-order valence-electron chi connectivity index (χ3n) is 2.16. The van der Waals surface area contributed by atoms with Gasteiger partial charge in [-0.2, -0.15) is 0 Å². The van der Waals surface area contributed by atoms with Crippen molar-refractivity contribution in [2.45, 2.75) is 32.4 Å².